The summed E-state index contributed by atoms with van der Waals surface area (Å²) in [5.41, 5.74) is 0. The molecule has 0 amide bonds. The first-order valence-electron chi connectivity index (χ1n) is 6.04. The van der Waals surface area contributed by atoms with Crippen molar-refractivity contribution in [1.82, 2.24) is 9.62 Å². The van der Waals surface area contributed by atoms with Gasteiger partial charge in [-0.25, -0.2) is 13.1 Å². The van der Waals surface area contributed by atoms with E-state index >= 15 is 0 Å². The number of rotatable bonds is 3. The molecule has 1 aliphatic heterocycles. The van der Waals surface area contributed by atoms with Crippen molar-refractivity contribution in [3.05, 3.63) is 28.2 Å². The average molecular weight is 323 g/mol. The van der Waals surface area contributed by atoms with E-state index in [0.717, 1.165) is 25.9 Å². The summed E-state index contributed by atoms with van der Waals surface area (Å²) >= 11 is 11.8. The molecular weight excluding hydrogens is 307 g/mol. The van der Waals surface area contributed by atoms with E-state index < -0.39 is 10.0 Å². The number of sulfonamides is 1. The van der Waals surface area contributed by atoms with Crippen molar-refractivity contribution in [1.29, 1.82) is 0 Å². The number of nitrogens with zero attached hydrogens (tertiary/aromatic N) is 1. The van der Waals surface area contributed by atoms with E-state index in [1.165, 1.54) is 12.1 Å². The molecule has 4 nitrogen and oxygen atoms in total. The van der Waals surface area contributed by atoms with Gasteiger partial charge >= 0.3 is 0 Å². The molecule has 19 heavy (non-hydrogen) atoms. The maximum absolute atomic E-state index is 12.3. The molecule has 0 atom stereocenters. The third-order valence-electron chi connectivity index (χ3n) is 3.22. The molecule has 0 bridgehead atoms. The van der Waals surface area contributed by atoms with Gasteiger partial charge in [-0.3, -0.25) is 0 Å². The van der Waals surface area contributed by atoms with Crippen molar-refractivity contribution < 1.29 is 8.42 Å². The fourth-order valence-electron chi connectivity index (χ4n) is 2.09. The lowest BCUT2D eigenvalue weighted by Crippen LogP contribution is -2.43. The van der Waals surface area contributed by atoms with E-state index in [9.17, 15) is 8.42 Å². The lowest BCUT2D eigenvalue weighted by atomic mass is 10.1. The smallest absolute Gasteiger partial charge is 0.242 e. The van der Waals surface area contributed by atoms with Crippen LogP contribution in [0, 0.1) is 0 Å². The molecule has 0 saturated carbocycles. The van der Waals surface area contributed by atoms with Gasteiger partial charge in [-0.2, -0.15) is 0 Å². The Bertz CT molecular complexity index is 555. The van der Waals surface area contributed by atoms with Gasteiger partial charge in [-0.1, -0.05) is 23.2 Å². The predicted molar refractivity (Wildman–Crippen MR) is 77.3 cm³/mol. The van der Waals surface area contributed by atoms with E-state index in [4.69, 9.17) is 23.2 Å². The Morgan fingerprint density at radius 1 is 1.26 bits per heavy atom. The number of hydrogen-bond acceptors (Lipinski definition) is 3. The summed E-state index contributed by atoms with van der Waals surface area (Å²) in [6.07, 6.45) is 1.60. The van der Waals surface area contributed by atoms with E-state index in [2.05, 4.69) is 9.62 Å². The van der Waals surface area contributed by atoms with Gasteiger partial charge in [0.2, 0.25) is 10.0 Å². The molecule has 1 saturated heterocycles. The quantitative estimate of drug-likeness (QED) is 0.929. The van der Waals surface area contributed by atoms with Crippen molar-refractivity contribution in [2.45, 2.75) is 23.8 Å². The number of benzene rings is 1. The van der Waals surface area contributed by atoms with Gasteiger partial charge in [0.25, 0.3) is 0 Å². The molecule has 0 radical (unpaired) electrons. The van der Waals surface area contributed by atoms with Gasteiger partial charge in [-0.15, -0.1) is 0 Å². The highest BCUT2D eigenvalue weighted by Crippen LogP contribution is 2.25. The molecule has 1 aliphatic rings. The Balaban J connectivity index is 2.16. The van der Waals surface area contributed by atoms with Crippen LogP contribution < -0.4 is 4.72 Å². The predicted octanol–water partition coefficient (Wildman–Crippen LogP) is 2.37. The monoisotopic (exact) mass is 322 g/mol. The second-order valence-corrected chi connectivity index (χ2v) is 7.30. The number of halogens is 2. The summed E-state index contributed by atoms with van der Waals surface area (Å²) in [6.45, 7) is 1.77. The fraction of sp³-hybridized carbons (Fsp3) is 0.500. The zero-order valence-corrected chi connectivity index (χ0v) is 12.9. The summed E-state index contributed by atoms with van der Waals surface area (Å²) in [4.78, 5) is 2.22. The third kappa shape index (κ3) is 3.83. The molecule has 1 heterocycles. The van der Waals surface area contributed by atoms with Gasteiger partial charge < -0.3 is 4.90 Å². The SMILES string of the molecule is CN1CCC(NS(=O)(=O)c2cc(Cl)ccc2Cl)CC1. The minimum absolute atomic E-state index is 0.0422. The summed E-state index contributed by atoms with van der Waals surface area (Å²) in [5, 5.41) is 0.540. The number of likely N-dealkylation sites (tertiary alicyclic amines) is 1. The van der Waals surface area contributed by atoms with E-state index in [1.807, 2.05) is 7.05 Å². The Hall–Kier alpha value is -0.330. The van der Waals surface area contributed by atoms with Crippen molar-refractivity contribution in [2.24, 2.45) is 0 Å². The molecule has 1 fully saturated rings. The molecule has 106 valence electrons. The van der Waals surface area contributed by atoms with Gasteiger partial charge in [0.15, 0.2) is 0 Å². The average Bonchev–Trinajstić information content (AvgIpc) is 2.35. The minimum atomic E-state index is -3.62. The normalized spacial score (nSPS) is 18.7. The molecule has 0 unspecified atom stereocenters. The second-order valence-electron chi connectivity index (χ2n) is 4.77. The first-order valence-corrected chi connectivity index (χ1v) is 8.28. The molecule has 0 aromatic heterocycles. The Morgan fingerprint density at radius 2 is 1.89 bits per heavy atom. The molecular formula is C12H16Cl2N2O2S. The van der Waals surface area contributed by atoms with E-state index in [1.54, 1.807) is 6.07 Å². The summed E-state index contributed by atoms with van der Waals surface area (Å²) < 4.78 is 27.3. The minimum Gasteiger partial charge on any atom is -0.306 e. The maximum atomic E-state index is 12.3. The second kappa shape index (κ2) is 5.97. The van der Waals surface area contributed by atoms with Gasteiger partial charge in [0.05, 0.1) is 5.02 Å². The summed E-state index contributed by atoms with van der Waals surface area (Å²) in [7, 11) is -1.59. The highest BCUT2D eigenvalue weighted by atomic mass is 35.5. The molecule has 1 aromatic carbocycles. The van der Waals surface area contributed by atoms with Crippen LogP contribution in [0.3, 0.4) is 0 Å². The highest BCUT2D eigenvalue weighted by molar-refractivity contribution is 7.89. The number of nitrogens with one attached hydrogen (secondary N) is 1. The van der Waals surface area contributed by atoms with Crippen molar-refractivity contribution in [3.8, 4) is 0 Å². The van der Waals surface area contributed by atoms with Crippen LogP contribution in [0.2, 0.25) is 10.0 Å². The first-order chi connectivity index (χ1) is 8.88. The highest BCUT2D eigenvalue weighted by Gasteiger charge is 2.25. The molecule has 0 aliphatic carbocycles. The summed E-state index contributed by atoms with van der Waals surface area (Å²) in [6, 6.07) is 4.39. The van der Waals surface area contributed by atoms with Gasteiger partial charge in [0, 0.05) is 11.1 Å². The Kier molecular flexibility index (Phi) is 4.74. The first kappa shape index (κ1) is 15.1. The molecule has 0 spiro atoms. The Morgan fingerprint density at radius 3 is 2.53 bits per heavy atom. The van der Waals surface area contributed by atoms with Gasteiger partial charge in [-0.05, 0) is 51.2 Å². The molecule has 7 heteroatoms. The van der Waals surface area contributed by atoms with Crippen LogP contribution in [-0.2, 0) is 10.0 Å². The maximum Gasteiger partial charge on any atom is 0.242 e. The van der Waals surface area contributed by atoms with Crippen molar-refractivity contribution in [3.63, 3.8) is 0 Å². The van der Waals surface area contributed by atoms with Crippen molar-refractivity contribution in [2.75, 3.05) is 20.1 Å². The van der Waals surface area contributed by atoms with Crippen LogP contribution in [0.4, 0.5) is 0 Å². The number of piperidine rings is 1. The lowest BCUT2D eigenvalue weighted by Gasteiger charge is -2.29. The summed E-state index contributed by atoms with van der Waals surface area (Å²) in [5.74, 6) is 0. The number of hydrogen-bond donors (Lipinski definition) is 1. The zero-order chi connectivity index (χ0) is 14.0. The third-order valence-corrected chi connectivity index (χ3v) is 5.46. The largest absolute Gasteiger partial charge is 0.306 e. The van der Waals surface area contributed by atoms with E-state index in [-0.39, 0.29) is 16.0 Å². The topological polar surface area (TPSA) is 49.4 Å². The van der Waals surface area contributed by atoms with Gasteiger partial charge in [0.1, 0.15) is 4.90 Å². The fourth-order valence-corrected chi connectivity index (χ4v) is 4.16. The molecule has 1 N–H and O–H groups in total. The van der Waals surface area contributed by atoms with Crippen molar-refractivity contribution >= 4 is 33.2 Å². The Labute approximate surface area is 123 Å². The van der Waals surface area contributed by atoms with Crippen LogP contribution in [0.15, 0.2) is 23.1 Å². The van der Waals surface area contributed by atoms with Crippen LogP contribution in [0.1, 0.15) is 12.8 Å². The van der Waals surface area contributed by atoms with Crippen LogP contribution >= 0.6 is 23.2 Å². The van der Waals surface area contributed by atoms with E-state index in [0.29, 0.717) is 5.02 Å². The zero-order valence-electron chi connectivity index (χ0n) is 10.6. The van der Waals surface area contributed by atoms with Crippen LogP contribution in [0.5, 0.6) is 0 Å². The molecule has 2 rings (SSSR count). The van der Waals surface area contributed by atoms with Crippen LogP contribution in [0.25, 0.3) is 0 Å². The lowest BCUT2D eigenvalue weighted by molar-refractivity contribution is 0.248. The van der Waals surface area contributed by atoms with Crippen LogP contribution in [-0.4, -0.2) is 39.5 Å². The standard InChI is InChI=1S/C12H16Cl2N2O2S/c1-16-6-4-10(5-7-16)15-19(17,18)12-8-9(13)2-3-11(12)14/h2-3,8,10,15H,4-7H2,1H3. The molecule has 1 aromatic rings.